The highest BCUT2D eigenvalue weighted by Crippen LogP contribution is 2.23. The van der Waals surface area contributed by atoms with Crippen LogP contribution in [0.3, 0.4) is 0 Å². The summed E-state index contributed by atoms with van der Waals surface area (Å²) in [6.45, 7) is 4.07. The highest BCUT2D eigenvalue weighted by molar-refractivity contribution is 9.10. The minimum atomic E-state index is 0.0587. The number of thiazole rings is 1. The monoisotopic (exact) mass is 352 g/mol. The summed E-state index contributed by atoms with van der Waals surface area (Å²) >= 11 is 5.05. The SMILES string of the molecule is CCc1nc(CC(=O)N(C)c2ccc(Br)cc2C)cs1. The summed E-state index contributed by atoms with van der Waals surface area (Å²) in [6.07, 6.45) is 1.27. The van der Waals surface area contributed by atoms with Crippen molar-refractivity contribution in [1.82, 2.24) is 4.98 Å². The molecular weight excluding hydrogens is 336 g/mol. The molecule has 0 unspecified atom stereocenters. The predicted molar refractivity (Wildman–Crippen MR) is 87.5 cm³/mol. The van der Waals surface area contributed by atoms with Gasteiger partial charge in [-0.15, -0.1) is 11.3 Å². The number of aryl methyl sites for hydroxylation is 2. The van der Waals surface area contributed by atoms with Crippen molar-refractivity contribution in [1.29, 1.82) is 0 Å². The Morgan fingerprint density at radius 1 is 1.45 bits per heavy atom. The van der Waals surface area contributed by atoms with Crippen LogP contribution in [0.5, 0.6) is 0 Å². The molecule has 0 spiro atoms. The van der Waals surface area contributed by atoms with Crippen molar-refractivity contribution >= 4 is 38.9 Å². The molecule has 1 heterocycles. The van der Waals surface area contributed by atoms with E-state index >= 15 is 0 Å². The van der Waals surface area contributed by atoms with E-state index in [0.717, 1.165) is 32.8 Å². The highest BCUT2D eigenvalue weighted by Gasteiger charge is 2.15. The molecule has 20 heavy (non-hydrogen) atoms. The van der Waals surface area contributed by atoms with Crippen LogP contribution in [0.15, 0.2) is 28.1 Å². The first kappa shape index (κ1) is 15.2. The topological polar surface area (TPSA) is 33.2 Å². The van der Waals surface area contributed by atoms with Gasteiger partial charge in [0, 0.05) is 22.6 Å². The number of halogens is 1. The van der Waals surface area contributed by atoms with Crippen LogP contribution >= 0.6 is 27.3 Å². The smallest absolute Gasteiger partial charge is 0.232 e. The molecule has 0 bridgehead atoms. The molecule has 0 atom stereocenters. The van der Waals surface area contributed by atoms with Gasteiger partial charge in [0.05, 0.1) is 17.1 Å². The Morgan fingerprint density at radius 3 is 2.80 bits per heavy atom. The number of likely N-dealkylation sites (N-methyl/N-ethyl adjacent to an activating group) is 1. The van der Waals surface area contributed by atoms with E-state index in [9.17, 15) is 4.79 Å². The maximum Gasteiger partial charge on any atom is 0.232 e. The van der Waals surface area contributed by atoms with Gasteiger partial charge < -0.3 is 4.90 Å². The number of aromatic nitrogens is 1. The standard InChI is InChI=1S/C15H17BrN2OS/c1-4-14-17-12(9-20-14)8-15(19)18(3)13-6-5-11(16)7-10(13)2/h5-7,9H,4,8H2,1-3H3. The summed E-state index contributed by atoms with van der Waals surface area (Å²) < 4.78 is 1.02. The van der Waals surface area contributed by atoms with Crippen LogP contribution in [0.2, 0.25) is 0 Å². The minimum Gasteiger partial charge on any atom is -0.315 e. The minimum absolute atomic E-state index is 0.0587. The molecule has 1 aromatic heterocycles. The van der Waals surface area contributed by atoms with Crippen molar-refractivity contribution in [3.05, 3.63) is 44.3 Å². The molecule has 2 rings (SSSR count). The Hall–Kier alpha value is -1.20. The lowest BCUT2D eigenvalue weighted by atomic mass is 10.1. The second-order valence-corrected chi connectivity index (χ2v) is 6.50. The van der Waals surface area contributed by atoms with Crippen molar-refractivity contribution < 1.29 is 4.79 Å². The van der Waals surface area contributed by atoms with Gasteiger partial charge in [-0.05, 0) is 37.1 Å². The van der Waals surface area contributed by atoms with E-state index in [0.29, 0.717) is 6.42 Å². The van der Waals surface area contributed by atoms with Crippen molar-refractivity contribution in [3.8, 4) is 0 Å². The number of rotatable bonds is 4. The Bertz CT molecular complexity index is 624. The Labute approximate surface area is 131 Å². The number of amides is 1. The number of hydrogen-bond donors (Lipinski definition) is 0. The number of carbonyl (C=O) groups is 1. The van der Waals surface area contributed by atoms with Crippen LogP contribution in [0.1, 0.15) is 23.2 Å². The maximum absolute atomic E-state index is 12.3. The molecule has 0 N–H and O–H groups in total. The first-order valence-corrected chi connectivity index (χ1v) is 8.14. The zero-order valence-corrected chi connectivity index (χ0v) is 14.2. The zero-order valence-electron chi connectivity index (χ0n) is 11.8. The summed E-state index contributed by atoms with van der Waals surface area (Å²) in [5, 5.41) is 3.05. The molecule has 0 aliphatic carbocycles. The molecule has 0 aliphatic rings. The maximum atomic E-state index is 12.3. The lowest BCUT2D eigenvalue weighted by molar-refractivity contribution is -0.117. The molecule has 0 aliphatic heterocycles. The fourth-order valence-corrected chi connectivity index (χ4v) is 3.22. The van der Waals surface area contributed by atoms with Gasteiger partial charge in [0.15, 0.2) is 0 Å². The van der Waals surface area contributed by atoms with E-state index in [1.165, 1.54) is 0 Å². The van der Waals surface area contributed by atoms with Gasteiger partial charge in [0.2, 0.25) is 5.91 Å². The number of anilines is 1. The Balaban J connectivity index is 2.12. The lowest BCUT2D eigenvalue weighted by Crippen LogP contribution is -2.28. The molecule has 106 valence electrons. The molecule has 3 nitrogen and oxygen atoms in total. The third kappa shape index (κ3) is 3.46. The second-order valence-electron chi connectivity index (χ2n) is 4.65. The molecule has 2 aromatic rings. The van der Waals surface area contributed by atoms with Crippen LogP contribution in [0, 0.1) is 6.92 Å². The van der Waals surface area contributed by atoms with Crippen LogP contribution < -0.4 is 4.90 Å². The normalized spacial score (nSPS) is 10.6. The molecule has 1 aromatic carbocycles. The summed E-state index contributed by atoms with van der Waals surface area (Å²) in [7, 11) is 1.81. The average molecular weight is 353 g/mol. The summed E-state index contributed by atoms with van der Waals surface area (Å²) in [5.74, 6) is 0.0587. The summed E-state index contributed by atoms with van der Waals surface area (Å²) in [6, 6.07) is 5.91. The number of carbonyl (C=O) groups excluding carboxylic acids is 1. The lowest BCUT2D eigenvalue weighted by Gasteiger charge is -2.19. The fraction of sp³-hybridized carbons (Fsp3) is 0.333. The van der Waals surface area contributed by atoms with Gasteiger partial charge in [-0.25, -0.2) is 4.98 Å². The Morgan fingerprint density at radius 2 is 2.20 bits per heavy atom. The van der Waals surface area contributed by atoms with Gasteiger partial charge in [-0.2, -0.15) is 0 Å². The zero-order chi connectivity index (χ0) is 14.7. The predicted octanol–water partition coefficient (Wildman–Crippen LogP) is 3.98. The van der Waals surface area contributed by atoms with Crippen molar-refractivity contribution in [2.75, 3.05) is 11.9 Å². The first-order chi connectivity index (χ1) is 9.51. The van der Waals surface area contributed by atoms with E-state index in [1.807, 2.05) is 37.6 Å². The number of hydrogen-bond acceptors (Lipinski definition) is 3. The molecule has 1 amide bonds. The van der Waals surface area contributed by atoms with Crippen LogP contribution in [0.25, 0.3) is 0 Å². The van der Waals surface area contributed by atoms with Crippen molar-refractivity contribution in [3.63, 3.8) is 0 Å². The number of nitrogens with zero attached hydrogens (tertiary/aromatic N) is 2. The number of benzene rings is 1. The molecule has 0 saturated heterocycles. The van der Waals surface area contributed by atoms with Crippen molar-refractivity contribution in [2.45, 2.75) is 26.7 Å². The molecule has 0 saturated carbocycles. The third-order valence-corrected chi connectivity index (χ3v) is 4.66. The summed E-state index contributed by atoms with van der Waals surface area (Å²) in [4.78, 5) is 18.5. The second kappa shape index (κ2) is 6.50. The summed E-state index contributed by atoms with van der Waals surface area (Å²) in [5.41, 5.74) is 2.87. The van der Waals surface area contributed by atoms with E-state index in [1.54, 1.807) is 16.2 Å². The van der Waals surface area contributed by atoms with Crippen molar-refractivity contribution in [2.24, 2.45) is 0 Å². The van der Waals surface area contributed by atoms with Gasteiger partial charge >= 0.3 is 0 Å². The van der Waals surface area contributed by atoms with E-state index < -0.39 is 0 Å². The molecular formula is C15H17BrN2OS. The average Bonchev–Trinajstić information content (AvgIpc) is 2.85. The van der Waals surface area contributed by atoms with Crippen LogP contribution in [-0.2, 0) is 17.6 Å². The molecule has 0 fully saturated rings. The Kier molecular flexibility index (Phi) is 4.94. The van der Waals surface area contributed by atoms with E-state index in [-0.39, 0.29) is 5.91 Å². The quantitative estimate of drug-likeness (QED) is 0.833. The first-order valence-electron chi connectivity index (χ1n) is 6.47. The van der Waals surface area contributed by atoms with Crippen LogP contribution in [-0.4, -0.2) is 17.9 Å². The molecule has 0 radical (unpaired) electrons. The van der Waals surface area contributed by atoms with Gasteiger partial charge in [0.1, 0.15) is 0 Å². The van der Waals surface area contributed by atoms with Gasteiger partial charge in [0.25, 0.3) is 0 Å². The largest absolute Gasteiger partial charge is 0.315 e. The van der Waals surface area contributed by atoms with E-state index in [2.05, 4.69) is 27.8 Å². The third-order valence-electron chi connectivity index (χ3n) is 3.13. The van der Waals surface area contributed by atoms with Crippen LogP contribution in [0.4, 0.5) is 5.69 Å². The van der Waals surface area contributed by atoms with E-state index in [4.69, 9.17) is 0 Å². The highest BCUT2D eigenvalue weighted by atomic mass is 79.9. The molecule has 5 heteroatoms. The van der Waals surface area contributed by atoms with Gasteiger partial charge in [-0.1, -0.05) is 22.9 Å². The van der Waals surface area contributed by atoms with Gasteiger partial charge in [-0.3, -0.25) is 4.79 Å². The fourth-order valence-electron chi connectivity index (χ4n) is 2.00.